The molecule has 3 heterocycles. The van der Waals surface area contributed by atoms with Crippen molar-refractivity contribution in [3.05, 3.63) is 59.4 Å². The van der Waals surface area contributed by atoms with Crippen molar-refractivity contribution >= 4 is 11.6 Å². The smallest absolute Gasteiger partial charge is 0.241 e. The highest BCUT2D eigenvalue weighted by molar-refractivity contribution is 5.97. The van der Waals surface area contributed by atoms with Crippen molar-refractivity contribution < 1.29 is 14.3 Å². The number of anilines is 1. The second-order valence-corrected chi connectivity index (χ2v) is 9.86. The number of methoxy groups -OCH3 is 2. The van der Waals surface area contributed by atoms with Gasteiger partial charge in [-0.05, 0) is 18.6 Å². The number of amides is 1. The molecule has 0 bridgehead atoms. The number of hydrogen-bond donors (Lipinski definition) is 1. The molecule has 4 rings (SSSR count). The third-order valence-electron chi connectivity index (χ3n) is 6.81. The highest BCUT2D eigenvalue weighted by Gasteiger charge is 2.40. The molecule has 2 aliphatic heterocycles. The maximum absolute atomic E-state index is 13.6. The van der Waals surface area contributed by atoms with Crippen LogP contribution in [0.15, 0.2) is 42.6 Å². The van der Waals surface area contributed by atoms with Gasteiger partial charge < -0.3 is 19.7 Å². The van der Waals surface area contributed by atoms with E-state index in [1.165, 1.54) is 0 Å². The molecule has 2 aliphatic rings. The van der Waals surface area contributed by atoms with E-state index in [0.29, 0.717) is 25.7 Å². The summed E-state index contributed by atoms with van der Waals surface area (Å²) in [5.74, 6) is 0.114. The molecule has 1 N–H and O–H groups in total. The minimum atomic E-state index is -0.280. The Balaban J connectivity index is 0.00000324. The van der Waals surface area contributed by atoms with Gasteiger partial charge in [0.15, 0.2) is 0 Å². The van der Waals surface area contributed by atoms with Crippen molar-refractivity contribution in [1.29, 1.82) is 0 Å². The molecule has 7 nitrogen and oxygen atoms in total. The second kappa shape index (κ2) is 11.0. The van der Waals surface area contributed by atoms with Crippen LogP contribution in [0.1, 0.15) is 51.1 Å². The van der Waals surface area contributed by atoms with Gasteiger partial charge in [0.1, 0.15) is 6.10 Å². The van der Waals surface area contributed by atoms with Crippen LogP contribution >= 0.6 is 0 Å². The summed E-state index contributed by atoms with van der Waals surface area (Å²) in [6, 6.07) is 12.6. The van der Waals surface area contributed by atoms with Crippen molar-refractivity contribution in [2.24, 2.45) is 0 Å². The van der Waals surface area contributed by atoms with Crippen molar-refractivity contribution in [2.75, 3.05) is 51.9 Å². The summed E-state index contributed by atoms with van der Waals surface area (Å²) < 4.78 is 11.2. The number of nitrogens with zero attached hydrogens (tertiary/aromatic N) is 3. The number of aromatic nitrogens is 1. The summed E-state index contributed by atoms with van der Waals surface area (Å²) in [5, 5.41) is 3.49. The molecule has 1 saturated heterocycles. The lowest BCUT2D eigenvalue weighted by atomic mass is 9.88. The number of pyridine rings is 1. The van der Waals surface area contributed by atoms with Gasteiger partial charge in [0.05, 0.1) is 24.5 Å². The monoisotopic (exact) mass is 468 g/mol. The highest BCUT2D eigenvalue weighted by atomic mass is 16.5. The summed E-state index contributed by atoms with van der Waals surface area (Å²) in [7, 11) is 3.41. The Hall–Kier alpha value is -2.32. The van der Waals surface area contributed by atoms with E-state index in [1.807, 2.05) is 47.5 Å². The highest BCUT2D eigenvalue weighted by Crippen LogP contribution is 2.41. The Bertz CT molecular complexity index is 966. The van der Waals surface area contributed by atoms with Gasteiger partial charge in [-0.15, -0.1) is 0 Å². The van der Waals surface area contributed by atoms with E-state index in [0.717, 1.165) is 35.6 Å². The molecule has 3 atom stereocenters. The third kappa shape index (κ3) is 5.33. The third-order valence-corrected chi connectivity index (χ3v) is 6.81. The number of ether oxygens (including phenoxy) is 2. The van der Waals surface area contributed by atoms with Gasteiger partial charge in [-0.25, -0.2) is 0 Å². The first-order valence-corrected chi connectivity index (χ1v) is 11.7. The molecule has 186 valence electrons. The Morgan fingerprint density at radius 2 is 2.00 bits per heavy atom. The van der Waals surface area contributed by atoms with Gasteiger partial charge >= 0.3 is 0 Å². The van der Waals surface area contributed by atoms with Crippen molar-refractivity contribution in [2.45, 2.75) is 51.8 Å². The molecule has 2 aromatic rings. The number of fused-ring (bicyclic) bond motifs is 1. The zero-order valence-electron chi connectivity index (χ0n) is 20.4. The lowest BCUT2D eigenvalue weighted by Gasteiger charge is -2.39. The van der Waals surface area contributed by atoms with Crippen LogP contribution in [0.5, 0.6) is 0 Å². The molecule has 0 aliphatic carbocycles. The molecule has 0 spiro atoms. The van der Waals surface area contributed by atoms with Gasteiger partial charge in [-0.1, -0.05) is 51.6 Å². The molecule has 1 amide bonds. The summed E-state index contributed by atoms with van der Waals surface area (Å²) >= 11 is 0. The lowest BCUT2D eigenvalue weighted by molar-refractivity contribution is -0.121. The fourth-order valence-electron chi connectivity index (χ4n) is 5.03. The first-order chi connectivity index (χ1) is 15.8. The van der Waals surface area contributed by atoms with E-state index in [-0.39, 0.29) is 30.9 Å². The normalized spacial score (nSPS) is 22.7. The van der Waals surface area contributed by atoms with Crippen molar-refractivity contribution in [1.82, 2.24) is 15.2 Å². The first-order valence-electron chi connectivity index (χ1n) is 11.7. The van der Waals surface area contributed by atoms with E-state index in [4.69, 9.17) is 14.5 Å². The number of carbonyl (C=O) groups excluding carboxylic acids is 1. The number of benzene rings is 1. The van der Waals surface area contributed by atoms with Gasteiger partial charge in [0.2, 0.25) is 5.91 Å². The molecule has 1 unspecified atom stereocenters. The van der Waals surface area contributed by atoms with Crippen LogP contribution in [0.25, 0.3) is 0 Å². The molecule has 1 aromatic heterocycles. The fourth-order valence-corrected chi connectivity index (χ4v) is 5.03. The predicted octanol–water partition coefficient (Wildman–Crippen LogP) is 3.39. The van der Waals surface area contributed by atoms with E-state index in [1.54, 1.807) is 14.2 Å². The largest absolute Gasteiger partial charge is 0.383 e. The zero-order chi connectivity index (χ0) is 23.6. The van der Waals surface area contributed by atoms with Crippen molar-refractivity contribution in [3.63, 3.8) is 0 Å². The van der Waals surface area contributed by atoms with Crippen LogP contribution in [0.4, 0.5) is 5.69 Å². The summed E-state index contributed by atoms with van der Waals surface area (Å²) in [4.78, 5) is 22.6. The van der Waals surface area contributed by atoms with Crippen LogP contribution in [0.2, 0.25) is 0 Å². The number of nitrogens with one attached hydrogen (secondary N) is 1. The Labute approximate surface area is 204 Å². The fraction of sp³-hybridized carbons (Fsp3) is 0.556. The summed E-state index contributed by atoms with van der Waals surface area (Å²) in [6.07, 6.45) is 1.64. The maximum Gasteiger partial charge on any atom is 0.241 e. The van der Waals surface area contributed by atoms with E-state index < -0.39 is 0 Å². The Morgan fingerprint density at radius 3 is 2.68 bits per heavy atom. The molecule has 0 saturated carbocycles. The average Bonchev–Trinajstić information content (AvgIpc) is 3.07. The van der Waals surface area contributed by atoms with Crippen molar-refractivity contribution in [3.8, 4) is 0 Å². The molecule has 1 fully saturated rings. The van der Waals surface area contributed by atoms with Gasteiger partial charge in [0.25, 0.3) is 0 Å². The first kappa shape index (κ1) is 26.3. The van der Waals surface area contributed by atoms with Gasteiger partial charge in [0, 0.05) is 63.1 Å². The lowest BCUT2D eigenvalue weighted by Crippen LogP contribution is -2.59. The number of hydrogen-bond acceptors (Lipinski definition) is 6. The van der Waals surface area contributed by atoms with Crippen LogP contribution in [-0.2, 0) is 19.7 Å². The summed E-state index contributed by atoms with van der Waals surface area (Å²) in [5.41, 5.74) is 3.74. The zero-order valence-corrected chi connectivity index (χ0v) is 20.4. The topological polar surface area (TPSA) is 66.9 Å². The van der Waals surface area contributed by atoms with Gasteiger partial charge in [-0.2, -0.15) is 0 Å². The quantitative estimate of drug-likeness (QED) is 0.672. The van der Waals surface area contributed by atoms with E-state index >= 15 is 0 Å². The Kier molecular flexibility index (Phi) is 8.47. The Morgan fingerprint density at radius 1 is 1.26 bits per heavy atom. The minimum absolute atomic E-state index is 0. The number of piperazine rings is 1. The SMILES string of the molecule is C.COC[C@H]1CN[C@H](C)CN1CC(=O)N1CC(C)(C)c2cnc(C(OC)c3ccccc3)cc21. The number of carbonyl (C=O) groups is 1. The van der Waals surface area contributed by atoms with Crippen LogP contribution in [-0.4, -0.2) is 74.9 Å². The average molecular weight is 469 g/mol. The number of rotatable bonds is 7. The van der Waals surface area contributed by atoms with E-state index in [2.05, 4.69) is 31.0 Å². The van der Waals surface area contributed by atoms with Crippen LogP contribution < -0.4 is 10.2 Å². The van der Waals surface area contributed by atoms with Crippen LogP contribution in [0, 0.1) is 0 Å². The van der Waals surface area contributed by atoms with Crippen LogP contribution in [0.3, 0.4) is 0 Å². The molecule has 1 aromatic carbocycles. The molecule has 7 heteroatoms. The molecular formula is C27H40N4O3. The predicted molar refractivity (Wildman–Crippen MR) is 136 cm³/mol. The maximum atomic E-state index is 13.6. The summed E-state index contributed by atoms with van der Waals surface area (Å²) in [6.45, 7) is 9.77. The minimum Gasteiger partial charge on any atom is -0.383 e. The second-order valence-electron chi connectivity index (χ2n) is 9.86. The molecule has 34 heavy (non-hydrogen) atoms. The molecule has 0 radical (unpaired) electrons. The van der Waals surface area contributed by atoms with E-state index in [9.17, 15) is 4.79 Å². The standard InChI is InChI=1S/C26H36N4O3.CH4/c1-18-14-29(20(12-27-18)16-32-4)15-24(31)30-17-26(2,3)21-13-28-22(11-23(21)30)25(33-5)19-9-7-6-8-10-19;/h6-11,13,18,20,25,27H,12,14-17H2,1-5H3;1H4/t18-,20-,25?;/m1./s1. The van der Waals surface area contributed by atoms with Gasteiger partial charge in [-0.3, -0.25) is 14.7 Å². The molecular weight excluding hydrogens is 428 g/mol.